The summed E-state index contributed by atoms with van der Waals surface area (Å²) in [6.07, 6.45) is 0. The lowest BCUT2D eigenvalue weighted by Gasteiger charge is -2.16. The van der Waals surface area contributed by atoms with Crippen LogP contribution in [-0.4, -0.2) is 19.5 Å². The number of aromatic nitrogens is 4. The smallest absolute Gasteiger partial charge is 0.166 e. The first kappa shape index (κ1) is 33.6. The highest BCUT2D eigenvalue weighted by Crippen LogP contribution is 2.40. The summed E-state index contributed by atoms with van der Waals surface area (Å²) in [7, 11) is 0. The first-order chi connectivity index (χ1) is 28.7. The molecule has 0 saturated heterocycles. The summed E-state index contributed by atoms with van der Waals surface area (Å²) in [5.74, 6) is 1.58. The molecule has 270 valence electrons. The number of fused-ring (bicyclic) bond motifs is 6. The minimum Gasteiger partial charge on any atom is -0.308 e. The van der Waals surface area contributed by atoms with Gasteiger partial charge in [-0.15, -0.1) is 11.3 Å². The number of nitriles is 1. The lowest BCUT2D eigenvalue weighted by molar-refractivity contribution is 1.06. The number of benzene rings is 8. The van der Waals surface area contributed by atoms with Gasteiger partial charge in [-0.05, 0) is 76.9 Å². The van der Waals surface area contributed by atoms with Crippen molar-refractivity contribution >= 4 is 53.3 Å². The lowest BCUT2D eigenvalue weighted by Crippen LogP contribution is -2.04. The van der Waals surface area contributed by atoms with Crippen LogP contribution in [0.4, 0.5) is 0 Å². The average Bonchev–Trinajstić information content (AvgIpc) is 3.84. The van der Waals surface area contributed by atoms with E-state index in [4.69, 9.17) is 15.0 Å². The molecular weight excluding hydrogens is 727 g/mol. The van der Waals surface area contributed by atoms with Gasteiger partial charge in [0.2, 0.25) is 0 Å². The van der Waals surface area contributed by atoms with Gasteiger partial charge in [-0.2, -0.15) is 5.26 Å². The highest BCUT2D eigenvalue weighted by molar-refractivity contribution is 7.25. The predicted octanol–water partition coefficient (Wildman–Crippen LogP) is 13.5. The number of nitrogens with zero attached hydrogens (tertiary/aromatic N) is 5. The molecule has 0 amide bonds. The van der Waals surface area contributed by atoms with E-state index in [-0.39, 0.29) is 0 Å². The monoisotopic (exact) mass is 757 g/mol. The molecule has 11 rings (SSSR count). The maximum Gasteiger partial charge on any atom is 0.166 e. The Balaban J connectivity index is 1.14. The molecule has 0 saturated carbocycles. The van der Waals surface area contributed by atoms with E-state index >= 15 is 0 Å². The molecule has 8 aromatic carbocycles. The van der Waals surface area contributed by atoms with Gasteiger partial charge in [0, 0.05) is 47.6 Å². The second kappa shape index (κ2) is 13.8. The van der Waals surface area contributed by atoms with Crippen molar-refractivity contribution in [3.63, 3.8) is 0 Å². The van der Waals surface area contributed by atoms with Gasteiger partial charge in [0.15, 0.2) is 17.5 Å². The van der Waals surface area contributed by atoms with Crippen molar-refractivity contribution in [2.75, 3.05) is 0 Å². The van der Waals surface area contributed by atoms with Gasteiger partial charge in [-0.1, -0.05) is 133 Å². The van der Waals surface area contributed by atoms with Crippen LogP contribution in [-0.2, 0) is 0 Å². The maximum absolute atomic E-state index is 9.85. The minimum absolute atomic E-state index is 0.495. The van der Waals surface area contributed by atoms with E-state index in [0.29, 0.717) is 23.0 Å². The third kappa shape index (κ3) is 5.73. The summed E-state index contributed by atoms with van der Waals surface area (Å²) in [6.45, 7) is 0. The molecule has 3 aromatic heterocycles. The van der Waals surface area contributed by atoms with Crippen molar-refractivity contribution < 1.29 is 0 Å². The second-order valence-corrected chi connectivity index (χ2v) is 15.4. The first-order valence-corrected chi connectivity index (χ1v) is 20.0. The third-order valence-electron chi connectivity index (χ3n) is 10.9. The lowest BCUT2D eigenvalue weighted by atomic mass is 10.0. The molecule has 0 unspecified atom stereocenters. The van der Waals surface area contributed by atoms with Crippen molar-refractivity contribution in [3.8, 4) is 68.2 Å². The Morgan fingerprint density at radius 2 is 0.948 bits per heavy atom. The predicted molar refractivity (Wildman–Crippen MR) is 239 cm³/mol. The SMILES string of the molecule is N#Cc1cccc(-c2nc(-c3cccc(-c4ccc5c(c4)sc4ccccc45)c3)nc(-c3ccc(-c4ccccc4)cc3-n3c4ccccc4c4ccccc43)n2)c1. The molecule has 0 atom stereocenters. The van der Waals surface area contributed by atoms with Crippen LogP contribution in [0, 0.1) is 11.3 Å². The largest absolute Gasteiger partial charge is 0.308 e. The van der Waals surface area contributed by atoms with Crippen LogP contribution in [0.3, 0.4) is 0 Å². The van der Waals surface area contributed by atoms with Crippen molar-refractivity contribution in [2.45, 2.75) is 0 Å². The van der Waals surface area contributed by atoms with Crippen LogP contribution in [0.2, 0.25) is 0 Å². The summed E-state index contributed by atoms with van der Waals surface area (Å²) in [5, 5.41) is 14.7. The van der Waals surface area contributed by atoms with Crippen molar-refractivity contribution in [1.82, 2.24) is 19.5 Å². The molecular formula is C52H31N5S. The highest BCUT2D eigenvalue weighted by Gasteiger charge is 2.21. The fourth-order valence-electron chi connectivity index (χ4n) is 8.12. The number of thiophene rings is 1. The van der Waals surface area contributed by atoms with Gasteiger partial charge < -0.3 is 4.57 Å². The van der Waals surface area contributed by atoms with Gasteiger partial charge in [0.05, 0.1) is 28.4 Å². The van der Waals surface area contributed by atoms with Gasteiger partial charge in [-0.3, -0.25) is 0 Å². The molecule has 0 aliphatic heterocycles. The molecule has 0 radical (unpaired) electrons. The second-order valence-electron chi connectivity index (χ2n) is 14.4. The van der Waals surface area contributed by atoms with Gasteiger partial charge in [0.1, 0.15) is 0 Å². The number of rotatable bonds is 6. The molecule has 0 fully saturated rings. The van der Waals surface area contributed by atoms with E-state index in [2.05, 4.69) is 168 Å². The van der Waals surface area contributed by atoms with Crippen LogP contribution >= 0.6 is 11.3 Å². The van der Waals surface area contributed by atoms with E-state index in [0.717, 1.165) is 55.7 Å². The first-order valence-electron chi connectivity index (χ1n) is 19.2. The average molecular weight is 758 g/mol. The van der Waals surface area contributed by atoms with E-state index in [1.807, 2.05) is 35.6 Å². The third-order valence-corrected chi connectivity index (χ3v) is 12.0. The molecule has 58 heavy (non-hydrogen) atoms. The normalized spacial score (nSPS) is 11.4. The number of para-hydroxylation sites is 2. The molecule has 0 bridgehead atoms. The van der Waals surface area contributed by atoms with Crippen LogP contribution in [0.25, 0.3) is 104 Å². The fourth-order valence-corrected chi connectivity index (χ4v) is 9.27. The summed E-state index contributed by atoms with van der Waals surface area (Å²) < 4.78 is 4.87. The molecule has 0 aliphatic carbocycles. The summed E-state index contributed by atoms with van der Waals surface area (Å²) in [4.78, 5) is 15.6. The quantitative estimate of drug-likeness (QED) is 0.169. The molecule has 0 N–H and O–H groups in total. The zero-order chi connectivity index (χ0) is 38.6. The molecule has 5 nitrogen and oxygen atoms in total. The fraction of sp³-hybridized carbons (Fsp3) is 0. The molecule has 6 heteroatoms. The summed E-state index contributed by atoms with van der Waals surface area (Å²) in [5.41, 5.74) is 10.6. The molecule has 3 heterocycles. The van der Waals surface area contributed by atoms with Crippen LogP contribution < -0.4 is 0 Å². The molecule has 0 aliphatic rings. The standard InChI is InChI=1S/C52H31N5S/c53-32-33-12-10-16-38(28-33)50-54-51(39-17-11-15-35(29-39)37-24-26-43-42-20-6-9-23-48(42)58-49(43)31-37)56-52(55-50)44-27-25-36(34-13-2-1-3-14-34)30-47(44)57-45-21-7-4-18-40(45)41-19-5-8-22-46(41)57/h1-31H. The van der Waals surface area contributed by atoms with Crippen molar-refractivity contribution in [2.24, 2.45) is 0 Å². The Bertz CT molecular complexity index is 3370. The number of hydrogen-bond acceptors (Lipinski definition) is 5. The van der Waals surface area contributed by atoms with Crippen LogP contribution in [0.5, 0.6) is 0 Å². The van der Waals surface area contributed by atoms with Crippen molar-refractivity contribution in [3.05, 3.63) is 194 Å². The van der Waals surface area contributed by atoms with Gasteiger partial charge in [0.25, 0.3) is 0 Å². The van der Waals surface area contributed by atoms with Gasteiger partial charge >= 0.3 is 0 Å². The van der Waals surface area contributed by atoms with Crippen LogP contribution in [0.15, 0.2) is 188 Å². The topological polar surface area (TPSA) is 67.4 Å². The zero-order valence-electron chi connectivity index (χ0n) is 31.0. The maximum atomic E-state index is 9.85. The summed E-state index contributed by atoms with van der Waals surface area (Å²) in [6, 6.07) is 67.5. The van der Waals surface area contributed by atoms with Crippen LogP contribution in [0.1, 0.15) is 5.56 Å². The molecule has 0 spiro atoms. The van der Waals surface area contributed by atoms with Gasteiger partial charge in [-0.25, -0.2) is 15.0 Å². The van der Waals surface area contributed by atoms with E-state index < -0.39 is 0 Å². The Kier molecular flexibility index (Phi) is 7.99. The zero-order valence-corrected chi connectivity index (χ0v) is 31.9. The Hall–Kier alpha value is -7.72. The Morgan fingerprint density at radius 1 is 0.397 bits per heavy atom. The molecule has 11 aromatic rings. The number of hydrogen-bond donors (Lipinski definition) is 0. The Labute approximate surface area is 338 Å². The Morgan fingerprint density at radius 3 is 1.71 bits per heavy atom. The minimum atomic E-state index is 0.495. The van der Waals surface area contributed by atoms with E-state index in [1.54, 1.807) is 6.07 Å². The van der Waals surface area contributed by atoms with Crippen molar-refractivity contribution in [1.29, 1.82) is 5.26 Å². The summed E-state index contributed by atoms with van der Waals surface area (Å²) >= 11 is 1.82. The van der Waals surface area contributed by atoms with E-state index in [1.165, 1.54) is 30.9 Å². The van der Waals surface area contributed by atoms with E-state index in [9.17, 15) is 5.26 Å². The highest BCUT2D eigenvalue weighted by atomic mass is 32.1.